The van der Waals surface area contributed by atoms with Gasteiger partial charge in [-0.15, -0.1) is 0 Å². The topological polar surface area (TPSA) is 38.3 Å². The summed E-state index contributed by atoms with van der Waals surface area (Å²) in [7, 11) is 0. The minimum Gasteiger partial charge on any atom is -0.484 e. The van der Waals surface area contributed by atoms with Crippen molar-refractivity contribution in [2.24, 2.45) is 0 Å². The number of aryl methyl sites for hydroxylation is 1. The Hall–Kier alpha value is -2.01. The van der Waals surface area contributed by atoms with Crippen LogP contribution in [0, 0.1) is 12.7 Å². The summed E-state index contributed by atoms with van der Waals surface area (Å²) in [6.07, 6.45) is 0. The Balaban J connectivity index is 1.59. The Morgan fingerprint density at radius 1 is 1.22 bits per heavy atom. The molecule has 0 aliphatic heterocycles. The molecule has 1 amide bonds. The monoisotopic (exact) mass is 333 g/mol. The van der Waals surface area contributed by atoms with E-state index in [1.54, 1.807) is 23.9 Å². The van der Waals surface area contributed by atoms with Crippen molar-refractivity contribution in [1.29, 1.82) is 0 Å². The van der Waals surface area contributed by atoms with E-state index in [-0.39, 0.29) is 18.3 Å². The van der Waals surface area contributed by atoms with Crippen molar-refractivity contribution in [1.82, 2.24) is 5.32 Å². The lowest BCUT2D eigenvalue weighted by Crippen LogP contribution is -2.30. The van der Waals surface area contributed by atoms with Crippen molar-refractivity contribution in [3.8, 4) is 5.75 Å². The highest BCUT2D eigenvalue weighted by molar-refractivity contribution is 7.98. The van der Waals surface area contributed by atoms with Gasteiger partial charge in [-0.05, 0) is 36.2 Å². The molecule has 0 radical (unpaired) electrons. The van der Waals surface area contributed by atoms with E-state index in [1.807, 2.05) is 37.3 Å². The Labute approximate surface area is 140 Å². The lowest BCUT2D eigenvalue weighted by Gasteiger charge is -2.08. The van der Waals surface area contributed by atoms with Crippen LogP contribution in [-0.4, -0.2) is 24.8 Å². The van der Waals surface area contributed by atoms with Gasteiger partial charge in [0.05, 0.1) is 0 Å². The molecular weight excluding hydrogens is 313 g/mol. The van der Waals surface area contributed by atoms with Gasteiger partial charge in [-0.25, -0.2) is 4.39 Å². The fraction of sp³-hybridized carbons (Fsp3) is 0.278. The first-order valence-electron chi connectivity index (χ1n) is 7.42. The number of nitrogens with one attached hydrogen (secondary N) is 1. The molecule has 5 heteroatoms. The van der Waals surface area contributed by atoms with Crippen LogP contribution < -0.4 is 10.1 Å². The molecule has 122 valence electrons. The molecule has 0 fully saturated rings. The van der Waals surface area contributed by atoms with Gasteiger partial charge in [-0.2, -0.15) is 11.8 Å². The second-order valence-electron chi connectivity index (χ2n) is 5.10. The molecule has 23 heavy (non-hydrogen) atoms. The smallest absolute Gasteiger partial charge is 0.257 e. The number of thioether (sulfide) groups is 1. The predicted molar refractivity (Wildman–Crippen MR) is 92.2 cm³/mol. The van der Waals surface area contributed by atoms with Crippen LogP contribution in [0.15, 0.2) is 48.5 Å². The molecule has 0 aliphatic rings. The normalized spacial score (nSPS) is 10.3. The maximum absolute atomic E-state index is 13.4. The van der Waals surface area contributed by atoms with E-state index in [2.05, 4.69) is 5.32 Å². The Kier molecular flexibility index (Phi) is 6.94. The number of carbonyl (C=O) groups excluding carboxylic acids is 1. The third-order valence-corrected chi connectivity index (χ3v) is 4.15. The van der Waals surface area contributed by atoms with E-state index >= 15 is 0 Å². The number of rotatable bonds is 8. The van der Waals surface area contributed by atoms with Crippen LogP contribution in [0.5, 0.6) is 5.75 Å². The number of hydrogen-bond acceptors (Lipinski definition) is 3. The number of halogens is 1. The van der Waals surface area contributed by atoms with Crippen LogP contribution in [0.1, 0.15) is 11.1 Å². The van der Waals surface area contributed by atoms with Gasteiger partial charge in [0, 0.05) is 18.1 Å². The van der Waals surface area contributed by atoms with Crippen LogP contribution in [0.2, 0.25) is 0 Å². The van der Waals surface area contributed by atoms with Crippen LogP contribution in [0.4, 0.5) is 4.39 Å². The summed E-state index contributed by atoms with van der Waals surface area (Å²) in [6.45, 7) is 2.51. The molecule has 0 unspecified atom stereocenters. The van der Waals surface area contributed by atoms with E-state index in [0.717, 1.165) is 11.3 Å². The van der Waals surface area contributed by atoms with Gasteiger partial charge in [0.1, 0.15) is 11.6 Å². The van der Waals surface area contributed by atoms with Crippen LogP contribution in [-0.2, 0) is 10.5 Å². The van der Waals surface area contributed by atoms with Gasteiger partial charge in [0.25, 0.3) is 5.91 Å². The van der Waals surface area contributed by atoms with E-state index in [9.17, 15) is 9.18 Å². The molecule has 1 N–H and O–H groups in total. The maximum atomic E-state index is 13.4. The first-order chi connectivity index (χ1) is 11.1. The Morgan fingerprint density at radius 2 is 2.04 bits per heavy atom. The van der Waals surface area contributed by atoms with Crippen molar-refractivity contribution in [2.75, 3.05) is 18.9 Å². The molecule has 2 aromatic rings. The number of carbonyl (C=O) groups is 1. The fourth-order valence-corrected chi connectivity index (χ4v) is 2.81. The molecule has 0 aliphatic carbocycles. The SMILES string of the molecule is Cc1cccc(OCC(=O)NCCSCc2ccccc2F)c1. The Bertz CT molecular complexity index is 648. The summed E-state index contributed by atoms with van der Waals surface area (Å²) >= 11 is 1.58. The summed E-state index contributed by atoms with van der Waals surface area (Å²) < 4.78 is 18.8. The van der Waals surface area contributed by atoms with Gasteiger partial charge >= 0.3 is 0 Å². The zero-order valence-corrected chi connectivity index (χ0v) is 13.9. The van der Waals surface area contributed by atoms with Crippen molar-refractivity contribution in [3.63, 3.8) is 0 Å². The number of ether oxygens (including phenoxy) is 1. The minimum absolute atomic E-state index is 0.00142. The van der Waals surface area contributed by atoms with Crippen LogP contribution in [0.3, 0.4) is 0 Å². The van der Waals surface area contributed by atoms with E-state index in [4.69, 9.17) is 4.74 Å². The number of hydrogen-bond donors (Lipinski definition) is 1. The Morgan fingerprint density at radius 3 is 2.83 bits per heavy atom. The van der Waals surface area contributed by atoms with Crippen LogP contribution in [0.25, 0.3) is 0 Å². The molecular formula is C18H20FNO2S. The molecule has 0 saturated carbocycles. The van der Waals surface area contributed by atoms with Gasteiger partial charge in [0.2, 0.25) is 0 Å². The van der Waals surface area contributed by atoms with Crippen LogP contribution >= 0.6 is 11.8 Å². The first kappa shape index (κ1) is 17.3. The van der Waals surface area contributed by atoms with Gasteiger partial charge < -0.3 is 10.1 Å². The van der Waals surface area contributed by atoms with Gasteiger partial charge in [-0.1, -0.05) is 30.3 Å². The average molecular weight is 333 g/mol. The molecule has 0 bridgehead atoms. The minimum atomic E-state index is -0.185. The third-order valence-electron chi connectivity index (χ3n) is 3.14. The maximum Gasteiger partial charge on any atom is 0.257 e. The van der Waals surface area contributed by atoms with Gasteiger partial charge in [-0.3, -0.25) is 4.79 Å². The molecule has 0 spiro atoms. The fourth-order valence-electron chi connectivity index (χ4n) is 1.97. The van der Waals surface area contributed by atoms with Crippen molar-refractivity contribution < 1.29 is 13.9 Å². The predicted octanol–water partition coefficient (Wildman–Crippen LogP) is 3.56. The molecule has 3 nitrogen and oxygen atoms in total. The first-order valence-corrected chi connectivity index (χ1v) is 8.58. The summed E-state index contributed by atoms with van der Waals surface area (Å²) in [4.78, 5) is 11.7. The van der Waals surface area contributed by atoms with Gasteiger partial charge in [0.15, 0.2) is 6.61 Å². The molecule has 2 aromatic carbocycles. The van der Waals surface area contributed by atoms with Crippen molar-refractivity contribution >= 4 is 17.7 Å². The average Bonchev–Trinajstić information content (AvgIpc) is 2.54. The van der Waals surface area contributed by atoms with Crippen molar-refractivity contribution in [3.05, 3.63) is 65.5 Å². The highest BCUT2D eigenvalue weighted by atomic mass is 32.2. The summed E-state index contributed by atoms with van der Waals surface area (Å²) in [5.74, 6) is 1.68. The number of benzene rings is 2. The summed E-state index contributed by atoms with van der Waals surface area (Å²) in [5, 5.41) is 2.79. The standard InChI is InChI=1S/C18H20FNO2S/c1-14-5-4-7-16(11-14)22-12-18(21)20-9-10-23-13-15-6-2-3-8-17(15)19/h2-8,11H,9-10,12-13H2,1H3,(H,20,21). The summed E-state index contributed by atoms with van der Waals surface area (Å²) in [5.41, 5.74) is 1.78. The zero-order valence-electron chi connectivity index (χ0n) is 13.0. The zero-order chi connectivity index (χ0) is 16.5. The van der Waals surface area contributed by atoms with E-state index < -0.39 is 0 Å². The highest BCUT2D eigenvalue weighted by Crippen LogP contribution is 2.15. The van der Waals surface area contributed by atoms with E-state index in [0.29, 0.717) is 23.6 Å². The molecule has 0 saturated heterocycles. The van der Waals surface area contributed by atoms with E-state index in [1.165, 1.54) is 6.07 Å². The largest absolute Gasteiger partial charge is 0.484 e. The number of amides is 1. The molecule has 0 heterocycles. The quantitative estimate of drug-likeness (QED) is 0.751. The molecule has 0 atom stereocenters. The molecule has 0 aromatic heterocycles. The second kappa shape index (κ2) is 9.20. The lowest BCUT2D eigenvalue weighted by molar-refractivity contribution is -0.122. The second-order valence-corrected chi connectivity index (χ2v) is 6.20. The van der Waals surface area contributed by atoms with Crippen molar-refractivity contribution in [2.45, 2.75) is 12.7 Å². The summed E-state index contributed by atoms with van der Waals surface area (Å²) in [6, 6.07) is 14.3. The lowest BCUT2D eigenvalue weighted by atomic mass is 10.2. The molecule has 2 rings (SSSR count). The highest BCUT2D eigenvalue weighted by Gasteiger charge is 2.03. The third kappa shape index (κ3) is 6.32.